The Bertz CT molecular complexity index is 962. The predicted molar refractivity (Wildman–Crippen MR) is 97.4 cm³/mol. The topological polar surface area (TPSA) is 75.4 Å². The monoisotopic (exact) mass is 367 g/mol. The van der Waals surface area contributed by atoms with Crippen LogP contribution in [-0.4, -0.2) is 21.8 Å². The van der Waals surface area contributed by atoms with E-state index < -0.39 is 11.6 Å². The van der Waals surface area contributed by atoms with Gasteiger partial charge in [-0.3, -0.25) is 9.69 Å². The minimum Gasteiger partial charge on any atom is -0.443 e. The molecule has 6 nitrogen and oxygen atoms in total. The molecule has 1 atom stereocenters. The second kappa shape index (κ2) is 6.10. The van der Waals surface area contributed by atoms with E-state index >= 15 is 0 Å². The Morgan fingerprint density at radius 1 is 1.23 bits per heavy atom. The molecule has 2 aromatic heterocycles. The van der Waals surface area contributed by atoms with Crippen LogP contribution in [0.5, 0.6) is 0 Å². The van der Waals surface area contributed by atoms with Gasteiger partial charge in [0, 0.05) is 0 Å². The van der Waals surface area contributed by atoms with E-state index in [0.29, 0.717) is 11.6 Å². The largest absolute Gasteiger partial charge is 0.443 e. The van der Waals surface area contributed by atoms with E-state index in [1.54, 1.807) is 6.92 Å². The van der Waals surface area contributed by atoms with Crippen molar-refractivity contribution in [2.45, 2.75) is 25.9 Å². The Kier molecular flexibility index (Phi) is 3.88. The fraction of sp³-hybridized carbons (Fsp3) is 0.211. The molecular weight excluding hydrogens is 350 g/mol. The number of hydrogen-bond acceptors (Lipinski definition) is 5. The van der Waals surface area contributed by atoms with Gasteiger partial charge in [0.05, 0.1) is 17.1 Å². The summed E-state index contributed by atoms with van der Waals surface area (Å²) in [5.41, 5.74) is 1.30. The van der Waals surface area contributed by atoms with Gasteiger partial charge in [-0.05, 0) is 30.9 Å². The van der Waals surface area contributed by atoms with Crippen LogP contribution in [0.4, 0.5) is 4.79 Å². The molecule has 0 unspecified atom stereocenters. The van der Waals surface area contributed by atoms with Crippen molar-refractivity contribution < 1.29 is 14.0 Å². The normalized spacial score (nSPS) is 19.8. The summed E-state index contributed by atoms with van der Waals surface area (Å²) in [6, 6.07) is 11.0. The third-order valence-electron chi connectivity index (χ3n) is 4.51. The fourth-order valence-electron chi connectivity index (χ4n) is 2.98. The molecule has 1 aliphatic heterocycles. The first-order valence-corrected chi connectivity index (χ1v) is 9.05. The quantitative estimate of drug-likeness (QED) is 0.714. The number of thiophene rings is 1. The van der Waals surface area contributed by atoms with Crippen LogP contribution in [0.2, 0.25) is 0 Å². The van der Waals surface area contributed by atoms with Crippen molar-refractivity contribution in [1.29, 1.82) is 0 Å². The van der Waals surface area contributed by atoms with E-state index in [1.807, 2.05) is 48.7 Å². The lowest BCUT2D eigenvalue weighted by Crippen LogP contribution is -2.40. The molecule has 0 saturated carbocycles. The Balaban J connectivity index is 1.57. The summed E-state index contributed by atoms with van der Waals surface area (Å²) in [6.45, 7) is 3.77. The number of aromatic nitrogens is 1. The summed E-state index contributed by atoms with van der Waals surface area (Å²) in [7, 11) is 0. The van der Waals surface area contributed by atoms with Crippen LogP contribution in [0.1, 0.15) is 23.7 Å². The highest BCUT2D eigenvalue weighted by molar-refractivity contribution is 7.13. The van der Waals surface area contributed by atoms with E-state index in [0.717, 1.165) is 16.0 Å². The van der Waals surface area contributed by atoms with Crippen LogP contribution in [0.3, 0.4) is 0 Å². The molecule has 0 bridgehead atoms. The summed E-state index contributed by atoms with van der Waals surface area (Å²) in [5, 5.41) is 4.74. The smallest absolute Gasteiger partial charge is 0.325 e. The third kappa shape index (κ3) is 2.70. The number of benzene rings is 1. The number of amides is 3. The number of carbonyl (C=O) groups excluding carboxylic acids is 2. The zero-order valence-corrected chi connectivity index (χ0v) is 15.2. The van der Waals surface area contributed by atoms with Crippen LogP contribution in [0, 0.1) is 6.92 Å². The molecule has 3 heterocycles. The lowest BCUT2D eigenvalue weighted by atomic mass is 9.91. The second-order valence-corrected chi connectivity index (χ2v) is 7.38. The second-order valence-electron chi connectivity index (χ2n) is 6.43. The standard InChI is InChI=1S/C19H17N3O3S/c1-12-5-7-13(8-6-12)19(2)17(23)22(18(24)21-19)10-14-11-25-16(20-14)15-4-3-9-26-15/h3-9,11H,10H2,1-2H3,(H,21,24)/t19-/m1/s1. The Morgan fingerprint density at radius 2 is 2.00 bits per heavy atom. The van der Waals surface area contributed by atoms with Gasteiger partial charge >= 0.3 is 6.03 Å². The maximum Gasteiger partial charge on any atom is 0.325 e. The molecule has 1 aliphatic rings. The first-order valence-electron chi connectivity index (χ1n) is 8.17. The number of aryl methyl sites for hydroxylation is 1. The molecule has 1 N–H and O–H groups in total. The van der Waals surface area contributed by atoms with Crippen molar-refractivity contribution in [3.05, 3.63) is 64.9 Å². The first-order chi connectivity index (χ1) is 12.5. The summed E-state index contributed by atoms with van der Waals surface area (Å²) in [6.07, 6.45) is 1.48. The number of rotatable bonds is 4. The van der Waals surface area contributed by atoms with Crippen LogP contribution in [0.25, 0.3) is 10.8 Å². The van der Waals surface area contributed by atoms with Crippen LogP contribution < -0.4 is 5.32 Å². The molecule has 4 rings (SSSR count). The highest BCUT2D eigenvalue weighted by Gasteiger charge is 2.49. The summed E-state index contributed by atoms with van der Waals surface area (Å²) in [5.74, 6) is 0.190. The van der Waals surface area contributed by atoms with E-state index in [9.17, 15) is 9.59 Å². The third-order valence-corrected chi connectivity index (χ3v) is 5.37. The number of imide groups is 1. The Morgan fingerprint density at radius 3 is 2.69 bits per heavy atom. The van der Waals surface area contributed by atoms with E-state index in [-0.39, 0.29) is 12.5 Å². The number of nitrogens with one attached hydrogen (secondary N) is 1. The molecule has 3 aromatic rings. The number of urea groups is 1. The van der Waals surface area contributed by atoms with Crippen molar-refractivity contribution in [2.24, 2.45) is 0 Å². The van der Waals surface area contributed by atoms with Crippen molar-refractivity contribution in [1.82, 2.24) is 15.2 Å². The predicted octanol–water partition coefficient (Wildman–Crippen LogP) is 3.68. The molecule has 0 aliphatic carbocycles. The van der Waals surface area contributed by atoms with Gasteiger partial charge in [-0.1, -0.05) is 35.9 Å². The average Bonchev–Trinajstić information content (AvgIpc) is 3.34. The van der Waals surface area contributed by atoms with E-state index in [1.165, 1.54) is 22.5 Å². The molecule has 132 valence electrons. The first kappa shape index (κ1) is 16.5. The molecular formula is C19H17N3O3S. The van der Waals surface area contributed by atoms with Crippen molar-refractivity contribution in [2.75, 3.05) is 0 Å². The van der Waals surface area contributed by atoms with Gasteiger partial charge in [-0.25, -0.2) is 9.78 Å². The number of hydrogen-bond donors (Lipinski definition) is 1. The van der Waals surface area contributed by atoms with E-state index in [2.05, 4.69) is 10.3 Å². The van der Waals surface area contributed by atoms with Crippen molar-refractivity contribution >= 4 is 23.3 Å². The van der Waals surface area contributed by atoms with Crippen molar-refractivity contribution in [3.63, 3.8) is 0 Å². The Labute approximate surface area is 154 Å². The lowest BCUT2D eigenvalue weighted by Gasteiger charge is -2.22. The highest BCUT2D eigenvalue weighted by atomic mass is 32.1. The average molecular weight is 367 g/mol. The maximum atomic E-state index is 12.9. The summed E-state index contributed by atoms with van der Waals surface area (Å²) >= 11 is 1.52. The highest BCUT2D eigenvalue weighted by Crippen LogP contribution is 2.30. The van der Waals surface area contributed by atoms with Gasteiger partial charge < -0.3 is 9.73 Å². The van der Waals surface area contributed by atoms with E-state index in [4.69, 9.17) is 4.42 Å². The van der Waals surface area contributed by atoms with Gasteiger partial charge in [0.2, 0.25) is 5.89 Å². The SMILES string of the molecule is Cc1ccc([C@@]2(C)NC(=O)N(Cc3coc(-c4cccs4)n3)C2=O)cc1. The van der Waals surface area contributed by atoms with Gasteiger partial charge in [0.1, 0.15) is 11.8 Å². The summed E-state index contributed by atoms with van der Waals surface area (Å²) < 4.78 is 5.47. The molecule has 3 amide bonds. The molecule has 1 saturated heterocycles. The van der Waals surface area contributed by atoms with Gasteiger partial charge in [0.15, 0.2) is 0 Å². The molecule has 0 radical (unpaired) electrons. The maximum absolute atomic E-state index is 12.9. The molecule has 1 fully saturated rings. The molecule has 7 heteroatoms. The molecule has 0 spiro atoms. The Hall–Kier alpha value is -2.93. The number of carbonyl (C=O) groups is 2. The number of nitrogens with zero attached hydrogens (tertiary/aromatic N) is 2. The van der Waals surface area contributed by atoms with Crippen LogP contribution >= 0.6 is 11.3 Å². The van der Waals surface area contributed by atoms with Gasteiger partial charge in [0.25, 0.3) is 5.91 Å². The zero-order valence-electron chi connectivity index (χ0n) is 14.4. The fourth-order valence-corrected chi connectivity index (χ4v) is 3.63. The molecule has 26 heavy (non-hydrogen) atoms. The number of oxazole rings is 1. The summed E-state index contributed by atoms with van der Waals surface area (Å²) in [4.78, 5) is 31.8. The molecule has 1 aromatic carbocycles. The minimum absolute atomic E-state index is 0.0704. The van der Waals surface area contributed by atoms with Gasteiger partial charge in [-0.2, -0.15) is 0 Å². The minimum atomic E-state index is -1.08. The lowest BCUT2D eigenvalue weighted by molar-refractivity contribution is -0.131. The van der Waals surface area contributed by atoms with Gasteiger partial charge in [-0.15, -0.1) is 11.3 Å². The van der Waals surface area contributed by atoms with Crippen molar-refractivity contribution in [3.8, 4) is 10.8 Å². The van der Waals surface area contributed by atoms with Crippen LogP contribution in [-0.2, 0) is 16.9 Å². The van der Waals surface area contributed by atoms with Crippen LogP contribution in [0.15, 0.2) is 52.5 Å². The zero-order chi connectivity index (χ0) is 18.3.